The van der Waals surface area contributed by atoms with Crippen molar-refractivity contribution in [2.75, 3.05) is 6.54 Å². The molecule has 0 unspecified atom stereocenters. The number of non-ortho nitro benzene ring substituents is 1. The van der Waals surface area contributed by atoms with Crippen LogP contribution in [-0.4, -0.2) is 22.2 Å². The van der Waals surface area contributed by atoms with Gasteiger partial charge in [-0.3, -0.25) is 10.1 Å². The van der Waals surface area contributed by atoms with Crippen molar-refractivity contribution in [3.63, 3.8) is 0 Å². The molecule has 0 saturated carbocycles. The fourth-order valence-electron chi connectivity index (χ4n) is 1.35. The maximum atomic E-state index is 10.7. The van der Waals surface area contributed by atoms with Crippen LogP contribution in [0.5, 0.6) is 0 Å². The maximum Gasteiger partial charge on any atom is 0.270 e. The highest BCUT2D eigenvalue weighted by Gasteiger charge is 2.12. The maximum absolute atomic E-state index is 10.7. The molecule has 0 bridgehead atoms. The van der Waals surface area contributed by atoms with Gasteiger partial charge in [0.1, 0.15) is 0 Å². The molecule has 94 valence electrons. The van der Waals surface area contributed by atoms with E-state index in [4.69, 9.17) is 0 Å². The first-order chi connectivity index (χ1) is 7.78. The summed E-state index contributed by atoms with van der Waals surface area (Å²) in [6.07, 6.45) is 0. The summed E-state index contributed by atoms with van der Waals surface area (Å²) in [6.45, 7) is 4.30. The highest BCUT2D eigenvalue weighted by atomic mass is 79.9. The van der Waals surface area contributed by atoms with E-state index >= 15 is 0 Å². The van der Waals surface area contributed by atoms with Gasteiger partial charge in [0.15, 0.2) is 0 Å². The first-order valence-electron chi connectivity index (χ1n) is 5.15. The van der Waals surface area contributed by atoms with Crippen LogP contribution in [0.1, 0.15) is 19.4 Å². The van der Waals surface area contributed by atoms with Gasteiger partial charge in [0.25, 0.3) is 5.69 Å². The Morgan fingerprint density at radius 3 is 2.65 bits per heavy atom. The Morgan fingerprint density at radius 1 is 1.47 bits per heavy atom. The second-order valence-electron chi connectivity index (χ2n) is 4.49. The number of rotatable bonds is 5. The minimum absolute atomic E-state index is 0.0550. The summed E-state index contributed by atoms with van der Waals surface area (Å²) in [5.74, 6) is 0. The highest BCUT2D eigenvalue weighted by Crippen LogP contribution is 2.21. The third-order valence-corrected chi connectivity index (χ3v) is 2.50. The minimum Gasteiger partial charge on any atom is -0.389 e. The van der Waals surface area contributed by atoms with E-state index < -0.39 is 10.5 Å². The monoisotopic (exact) mass is 302 g/mol. The number of nitrogens with zero attached hydrogens (tertiary/aromatic N) is 1. The molecule has 6 heteroatoms. The van der Waals surface area contributed by atoms with E-state index in [0.717, 1.165) is 5.56 Å². The average molecular weight is 303 g/mol. The normalized spacial score (nSPS) is 11.5. The fraction of sp³-hybridized carbons (Fsp3) is 0.455. The summed E-state index contributed by atoms with van der Waals surface area (Å²) >= 11 is 3.23. The summed E-state index contributed by atoms with van der Waals surface area (Å²) < 4.78 is 0.673. The molecule has 0 aliphatic carbocycles. The van der Waals surface area contributed by atoms with Crippen molar-refractivity contribution in [1.82, 2.24) is 5.32 Å². The van der Waals surface area contributed by atoms with Gasteiger partial charge < -0.3 is 10.4 Å². The van der Waals surface area contributed by atoms with Crippen LogP contribution in [0.25, 0.3) is 0 Å². The molecule has 1 rings (SSSR count). The van der Waals surface area contributed by atoms with Gasteiger partial charge in [0.2, 0.25) is 0 Å². The van der Waals surface area contributed by atoms with Crippen molar-refractivity contribution >= 4 is 21.6 Å². The standard InChI is InChI=1S/C11H15BrN2O3/c1-11(2,15)7-13-6-8-3-9(12)5-10(4-8)14(16)17/h3-5,13,15H,6-7H2,1-2H3. The van der Waals surface area contributed by atoms with Gasteiger partial charge in [-0.05, 0) is 25.5 Å². The predicted octanol–water partition coefficient (Wildman–Crippen LogP) is 2.22. The lowest BCUT2D eigenvalue weighted by molar-refractivity contribution is -0.385. The van der Waals surface area contributed by atoms with Gasteiger partial charge >= 0.3 is 0 Å². The zero-order valence-corrected chi connectivity index (χ0v) is 11.3. The molecule has 2 N–H and O–H groups in total. The summed E-state index contributed by atoms with van der Waals surface area (Å²) in [5, 5.41) is 23.2. The number of nitro benzene ring substituents is 1. The second-order valence-corrected chi connectivity index (χ2v) is 5.41. The van der Waals surface area contributed by atoms with Crippen molar-refractivity contribution in [1.29, 1.82) is 0 Å². The molecular formula is C11H15BrN2O3. The van der Waals surface area contributed by atoms with Gasteiger partial charge in [0.05, 0.1) is 10.5 Å². The van der Waals surface area contributed by atoms with Crippen LogP contribution in [0.15, 0.2) is 22.7 Å². The molecule has 1 aromatic rings. The number of aliphatic hydroxyl groups is 1. The molecule has 0 radical (unpaired) electrons. The molecule has 5 nitrogen and oxygen atoms in total. The van der Waals surface area contributed by atoms with Crippen LogP contribution in [0, 0.1) is 10.1 Å². The molecule has 1 aromatic carbocycles. The predicted molar refractivity (Wildman–Crippen MR) is 68.8 cm³/mol. The smallest absolute Gasteiger partial charge is 0.270 e. The Hall–Kier alpha value is -0.980. The van der Waals surface area contributed by atoms with Crippen LogP contribution in [-0.2, 0) is 6.54 Å². The Balaban J connectivity index is 2.68. The molecule has 0 atom stereocenters. The summed E-state index contributed by atoms with van der Waals surface area (Å²) in [4.78, 5) is 10.2. The quantitative estimate of drug-likeness (QED) is 0.646. The molecule has 17 heavy (non-hydrogen) atoms. The van der Waals surface area contributed by atoms with Crippen LogP contribution in [0.3, 0.4) is 0 Å². The Kier molecular flexibility index (Phi) is 4.62. The minimum atomic E-state index is -0.794. The van der Waals surface area contributed by atoms with Crippen molar-refractivity contribution in [2.45, 2.75) is 26.0 Å². The summed E-state index contributed by atoms with van der Waals surface area (Å²) in [7, 11) is 0. The van der Waals surface area contributed by atoms with E-state index in [1.807, 2.05) is 6.07 Å². The van der Waals surface area contributed by atoms with E-state index in [0.29, 0.717) is 17.6 Å². The lowest BCUT2D eigenvalue weighted by Gasteiger charge is -2.17. The van der Waals surface area contributed by atoms with Crippen molar-refractivity contribution in [2.24, 2.45) is 0 Å². The van der Waals surface area contributed by atoms with Crippen LogP contribution >= 0.6 is 15.9 Å². The van der Waals surface area contributed by atoms with E-state index in [1.165, 1.54) is 12.1 Å². The molecule has 0 aliphatic heterocycles. The van der Waals surface area contributed by atoms with Gasteiger partial charge in [-0.1, -0.05) is 15.9 Å². The van der Waals surface area contributed by atoms with Crippen molar-refractivity contribution < 1.29 is 10.0 Å². The number of hydrogen-bond donors (Lipinski definition) is 2. The molecule has 0 heterocycles. The number of halogens is 1. The van der Waals surface area contributed by atoms with Gasteiger partial charge in [-0.2, -0.15) is 0 Å². The van der Waals surface area contributed by atoms with E-state index in [1.54, 1.807) is 13.8 Å². The highest BCUT2D eigenvalue weighted by molar-refractivity contribution is 9.10. The number of nitro groups is 1. The Bertz CT molecular complexity index is 416. The summed E-state index contributed by atoms with van der Waals surface area (Å²) in [6, 6.07) is 4.78. The molecule has 0 fully saturated rings. The first-order valence-corrected chi connectivity index (χ1v) is 5.94. The average Bonchev–Trinajstić information content (AvgIpc) is 2.14. The Labute approximate surface area is 108 Å². The van der Waals surface area contributed by atoms with Crippen LogP contribution < -0.4 is 5.32 Å². The first kappa shape index (κ1) is 14.1. The van der Waals surface area contributed by atoms with E-state index in [2.05, 4.69) is 21.2 Å². The lowest BCUT2D eigenvalue weighted by Crippen LogP contribution is -2.34. The van der Waals surface area contributed by atoms with Crippen molar-refractivity contribution in [3.05, 3.63) is 38.3 Å². The van der Waals surface area contributed by atoms with E-state index in [9.17, 15) is 15.2 Å². The lowest BCUT2D eigenvalue weighted by atomic mass is 10.1. The molecule has 0 spiro atoms. The molecule has 0 aromatic heterocycles. The zero-order valence-electron chi connectivity index (χ0n) is 9.74. The molecular weight excluding hydrogens is 288 g/mol. The van der Waals surface area contributed by atoms with Gasteiger partial charge in [-0.15, -0.1) is 0 Å². The number of benzene rings is 1. The second kappa shape index (κ2) is 5.57. The third-order valence-electron chi connectivity index (χ3n) is 2.04. The van der Waals surface area contributed by atoms with Gasteiger partial charge in [-0.25, -0.2) is 0 Å². The number of nitrogens with one attached hydrogen (secondary N) is 1. The topological polar surface area (TPSA) is 75.4 Å². The third kappa shape index (κ3) is 5.25. The van der Waals surface area contributed by atoms with Crippen molar-refractivity contribution in [3.8, 4) is 0 Å². The van der Waals surface area contributed by atoms with Crippen LogP contribution in [0.2, 0.25) is 0 Å². The molecule has 0 amide bonds. The molecule has 0 aliphatic rings. The molecule has 0 saturated heterocycles. The SMILES string of the molecule is CC(C)(O)CNCc1cc(Br)cc([N+](=O)[O-])c1. The largest absolute Gasteiger partial charge is 0.389 e. The summed E-state index contributed by atoms with van der Waals surface area (Å²) in [5.41, 5.74) is 0.0626. The fourth-order valence-corrected chi connectivity index (χ4v) is 1.88. The zero-order chi connectivity index (χ0) is 13.1. The van der Waals surface area contributed by atoms with E-state index in [-0.39, 0.29) is 5.69 Å². The van der Waals surface area contributed by atoms with Crippen LogP contribution in [0.4, 0.5) is 5.69 Å². The Morgan fingerprint density at radius 2 is 2.12 bits per heavy atom. The number of hydrogen-bond acceptors (Lipinski definition) is 4. The van der Waals surface area contributed by atoms with Gasteiger partial charge in [0, 0.05) is 29.7 Å².